The quantitative estimate of drug-likeness (QED) is 0.299. The van der Waals surface area contributed by atoms with Crippen LogP contribution in [0.25, 0.3) is 0 Å². The van der Waals surface area contributed by atoms with Crippen molar-refractivity contribution in [2.45, 2.75) is 0 Å². The van der Waals surface area contributed by atoms with Gasteiger partial charge in [-0.15, -0.1) is 0 Å². The van der Waals surface area contributed by atoms with Crippen molar-refractivity contribution in [2.24, 2.45) is 0 Å². The molecule has 1 aliphatic heterocycles. The lowest BCUT2D eigenvalue weighted by atomic mass is 10.3. The van der Waals surface area contributed by atoms with Crippen molar-refractivity contribution in [3.8, 4) is 0 Å². The number of carboxylic acid groups (broad SMARTS) is 3. The first-order chi connectivity index (χ1) is 12.8. The summed E-state index contributed by atoms with van der Waals surface area (Å²) in [7, 11) is 0. The predicted octanol–water partition coefficient (Wildman–Crippen LogP) is -14.3. The molecule has 1 aliphatic rings. The van der Waals surface area contributed by atoms with Crippen LogP contribution in [0.2, 0.25) is 0 Å². The van der Waals surface area contributed by atoms with E-state index in [1.807, 2.05) is 0 Å². The molecule has 2 atom stereocenters. The Labute approximate surface area is 186 Å². The minimum atomic E-state index is -1.22. The number of carboxylic acids is 3. The van der Waals surface area contributed by atoms with E-state index in [2.05, 4.69) is 10.6 Å². The zero-order chi connectivity index (χ0) is 20.2. The highest BCUT2D eigenvalue weighted by Crippen LogP contribution is 1.87. The molecule has 32 heavy (non-hydrogen) atoms. The second kappa shape index (κ2) is 22.2. The van der Waals surface area contributed by atoms with Crippen molar-refractivity contribution in [3.05, 3.63) is 0 Å². The smallest absolute Gasteiger partial charge is 0.117 e. The second-order valence-electron chi connectivity index (χ2n) is 6.94. The van der Waals surface area contributed by atoms with Crippen molar-refractivity contribution in [3.63, 3.8) is 0 Å². The maximum Gasteiger partial charge on any atom is 0.117 e. The average Bonchev–Trinajstić information content (AvgIpc) is 2.56. The minimum absolute atomic E-state index is 0. The lowest BCUT2D eigenvalue weighted by Crippen LogP contribution is -3.16. The van der Waals surface area contributed by atoms with E-state index in [0.29, 0.717) is 58.9 Å². The van der Waals surface area contributed by atoms with E-state index in [1.54, 1.807) is 4.90 Å². The van der Waals surface area contributed by atoms with Crippen molar-refractivity contribution in [1.82, 2.24) is 9.80 Å². The molecule has 16 nitrogen and oxygen atoms in total. The largest absolute Gasteiger partial charge is 0.549 e. The standard InChI is InChI=1S/C16H31N5O6.5H2O/c17-1-2-18-3-5-19(11-14(22)23)7-9-21(13-16(26)27)10-8-20(6-4-18)12-15(24)25;;;;;/h1-13,17H2,(H,22,23)(H,24,25)(H,26,27);5*1H2. The highest BCUT2D eigenvalue weighted by atomic mass is 16.4. The van der Waals surface area contributed by atoms with Gasteiger partial charge in [0.15, 0.2) is 0 Å². The van der Waals surface area contributed by atoms with Crippen molar-refractivity contribution in [1.29, 1.82) is 0 Å². The van der Waals surface area contributed by atoms with Gasteiger partial charge in [0.2, 0.25) is 0 Å². The molecule has 0 spiro atoms. The number of nitrogens with zero attached hydrogens (tertiary/aromatic N) is 2. The van der Waals surface area contributed by atoms with Crippen LogP contribution in [-0.2, 0) is 14.4 Å². The molecule has 0 bridgehead atoms. The van der Waals surface area contributed by atoms with Gasteiger partial charge < -0.3 is 72.6 Å². The summed E-state index contributed by atoms with van der Waals surface area (Å²) in [4.78, 5) is 38.5. The fourth-order valence-corrected chi connectivity index (χ4v) is 3.29. The molecule has 2 unspecified atom stereocenters. The van der Waals surface area contributed by atoms with Gasteiger partial charge in [-0.3, -0.25) is 9.80 Å². The Bertz CT molecular complexity index is 469. The first kappa shape index (κ1) is 40.4. The summed E-state index contributed by atoms with van der Waals surface area (Å²) >= 11 is 0. The molecule has 1 heterocycles. The van der Waals surface area contributed by atoms with Crippen molar-refractivity contribution < 1.29 is 72.6 Å². The Balaban J connectivity index is -0.000000486. The van der Waals surface area contributed by atoms with Crippen molar-refractivity contribution in [2.75, 3.05) is 85.1 Å². The van der Waals surface area contributed by atoms with Gasteiger partial charge in [-0.25, -0.2) is 0 Å². The highest BCUT2D eigenvalue weighted by Gasteiger charge is 2.20. The van der Waals surface area contributed by atoms with Crippen LogP contribution in [0.1, 0.15) is 0 Å². The molecule has 196 valence electrons. The van der Waals surface area contributed by atoms with E-state index >= 15 is 0 Å². The summed E-state index contributed by atoms with van der Waals surface area (Å²) in [5.41, 5.74) is 3.85. The number of carbonyl (C=O) groups is 3. The zero-order valence-corrected chi connectivity index (χ0v) is 18.2. The minimum Gasteiger partial charge on any atom is -0.549 e. The second-order valence-corrected chi connectivity index (χ2v) is 6.94. The van der Waals surface area contributed by atoms with E-state index in [0.717, 1.165) is 16.3 Å². The lowest BCUT2D eigenvalue weighted by Gasteiger charge is -2.31. The summed E-state index contributed by atoms with van der Waals surface area (Å²) in [5.74, 6) is -3.50. The van der Waals surface area contributed by atoms with Gasteiger partial charge in [-0.1, -0.05) is 0 Å². The number of carbonyl (C=O) groups excluding carboxylic acids is 3. The first-order valence-corrected chi connectivity index (χ1v) is 9.30. The van der Waals surface area contributed by atoms with Crippen molar-refractivity contribution >= 4 is 17.9 Å². The third-order valence-corrected chi connectivity index (χ3v) is 4.74. The molecule has 0 radical (unpaired) electrons. The Hall–Kier alpha value is -1.99. The fraction of sp³-hybridized carbons (Fsp3) is 0.812. The summed E-state index contributed by atoms with van der Waals surface area (Å²) in [6.45, 7) is 5.00. The van der Waals surface area contributed by atoms with Crippen LogP contribution in [0.15, 0.2) is 0 Å². The van der Waals surface area contributed by atoms with E-state index in [4.69, 9.17) is 0 Å². The van der Waals surface area contributed by atoms with Crippen LogP contribution in [0.5, 0.6) is 0 Å². The Morgan fingerprint density at radius 2 is 1.00 bits per heavy atom. The van der Waals surface area contributed by atoms with Gasteiger partial charge >= 0.3 is 0 Å². The maximum atomic E-state index is 11.0. The molecular formula is C16H41N5O11. The van der Waals surface area contributed by atoms with E-state index in [-0.39, 0.29) is 47.0 Å². The number of hydrogen-bond donors (Lipinski definition) is 3. The number of hydrogen-bond acceptors (Lipinski definition) is 8. The topological polar surface area (TPSA) is 321 Å². The molecule has 1 saturated heterocycles. The molecular weight excluding hydrogens is 438 g/mol. The number of rotatable bonds is 8. The van der Waals surface area contributed by atoms with E-state index in [9.17, 15) is 29.7 Å². The molecule has 0 amide bonds. The summed E-state index contributed by atoms with van der Waals surface area (Å²) in [6, 6.07) is 0. The lowest BCUT2D eigenvalue weighted by molar-refractivity contribution is -0.898. The molecule has 16 heteroatoms. The third-order valence-electron chi connectivity index (χ3n) is 4.74. The van der Waals surface area contributed by atoms with Gasteiger partial charge in [0.1, 0.15) is 13.1 Å². The highest BCUT2D eigenvalue weighted by molar-refractivity contribution is 5.66. The Morgan fingerprint density at radius 1 is 0.656 bits per heavy atom. The predicted molar refractivity (Wildman–Crippen MR) is 105 cm³/mol. The molecule has 1 rings (SSSR count). The summed E-state index contributed by atoms with van der Waals surface area (Å²) in [6.07, 6.45) is 0. The van der Waals surface area contributed by atoms with Gasteiger partial charge in [0.05, 0.1) is 50.6 Å². The summed E-state index contributed by atoms with van der Waals surface area (Å²) < 4.78 is 0. The molecule has 1 fully saturated rings. The van der Waals surface area contributed by atoms with E-state index < -0.39 is 17.9 Å². The molecule has 0 aromatic rings. The van der Waals surface area contributed by atoms with E-state index in [1.165, 1.54) is 0 Å². The SMILES string of the molecule is O.O.O.O.O.[NH3+]CCN1CC[NH+](CC(=O)[O-])CCN(CC(=O)[O-])CC[NH+](CC(=O)[O-])CC1. The normalized spacial score (nSPS) is 20.2. The maximum absolute atomic E-state index is 11.0. The monoisotopic (exact) mass is 479 g/mol. The third kappa shape index (κ3) is 18.8. The first-order valence-electron chi connectivity index (χ1n) is 9.30. The molecule has 0 aromatic carbocycles. The average molecular weight is 480 g/mol. The molecule has 0 aliphatic carbocycles. The molecule has 15 N–H and O–H groups in total. The van der Waals surface area contributed by atoms with Crippen LogP contribution < -0.4 is 30.9 Å². The molecule has 0 aromatic heterocycles. The van der Waals surface area contributed by atoms with Crippen LogP contribution in [0.3, 0.4) is 0 Å². The van der Waals surface area contributed by atoms with Crippen LogP contribution in [-0.4, -0.2) is 140 Å². The van der Waals surface area contributed by atoms with Gasteiger partial charge in [0.25, 0.3) is 0 Å². The molecule has 0 saturated carbocycles. The van der Waals surface area contributed by atoms with Crippen LogP contribution >= 0.6 is 0 Å². The van der Waals surface area contributed by atoms with Crippen LogP contribution in [0, 0.1) is 0 Å². The van der Waals surface area contributed by atoms with Gasteiger partial charge in [-0.05, 0) is 0 Å². The van der Waals surface area contributed by atoms with Crippen LogP contribution in [0.4, 0.5) is 0 Å². The Morgan fingerprint density at radius 3 is 1.28 bits per heavy atom. The van der Waals surface area contributed by atoms with Gasteiger partial charge in [0, 0.05) is 39.3 Å². The number of aliphatic carboxylic acids is 3. The van der Waals surface area contributed by atoms with Gasteiger partial charge in [-0.2, -0.15) is 0 Å². The summed E-state index contributed by atoms with van der Waals surface area (Å²) in [5, 5.41) is 33.0. The zero-order valence-electron chi connectivity index (χ0n) is 18.2. The Kier molecular flexibility index (Phi) is 28.0. The number of quaternary nitrogens is 3. The number of nitrogens with one attached hydrogen (secondary N) is 2. The fourth-order valence-electron chi connectivity index (χ4n) is 3.29.